The molecule has 0 bridgehead atoms. The molecule has 0 fully saturated rings. The molecule has 2 aromatic heterocycles. The van der Waals surface area contributed by atoms with E-state index in [2.05, 4.69) is 34.3 Å². The van der Waals surface area contributed by atoms with Gasteiger partial charge in [0.1, 0.15) is 12.1 Å². The van der Waals surface area contributed by atoms with E-state index < -0.39 is 0 Å². The molecule has 0 amide bonds. The molecule has 0 aromatic carbocycles. The molecule has 2 N–H and O–H groups in total. The molecule has 2 heterocycles. The van der Waals surface area contributed by atoms with Gasteiger partial charge in [-0.25, -0.2) is 19.3 Å². The maximum absolute atomic E-state index is 11.2. The van der Waals surface area contributed by atoms with E-state index in [1.54, 1.807) is 6.07 Å². The Kier molecular flexibility index (Phi) is 2.89. The zero-order valence-electron chi connectivity index (χ0n) is 9.40. The summed E-state index contributed by atoms with van der Waals surface area (Å²) in [6, 6.07) is 2.16. The predicted molar refractivity (Wildman–Crippen MR) is 61.6 cm³/mol. The Morgan fingerprint density at radius 1 is 1.50 bits per heavy atom. The first-order valence-corrected chi connectivity index (χ1v) is 5.44. The Morgan fingerprint density at radius 3 is 2.94 bits per heavy atom. The number of anilines is 1. The molecule has 0 unspecified atom stereocenters. The number of H-pyrrole nitrogens is 1. The number of aromatic amines is 1. The number of fused-ring (bicyclic) bond motifs is 1. The SMILES string of the molecule is CCC(CC)Nc1cc2n[nH]c(=O)n2cn1. The van der Waals surface area contributed by atoms with Crippen LogP contribution in [0.1, 0.15) is 26.7 Å². The van der Waals surface area contributed by atoms with Crippen LogP contribution in [-0.2, 0) is 0 Å². The average molecular weight is 221 g/mol. The predicted octanol–water partition coefficient (Wildman–Crippen LogP) is 1.02. The van der Waals surface area contributed by atoms with E-state index in [1.165, 1.54) is 10.7 Å². The van der Waals surface area contributed by atoms with E-state index in [4.69, 9.17) is 0 Å². The zero-order chi connectivity index (χ0) is 11.5. The van der Waals surface area contributed by atoms with Gasteiger partial charge in [0.25, 0.3) is 0 Å². The van der Waals surface area contributed by atoms with Crippen LogP contribution in [0.4, 0.5) is 5.82 Å². The summed E-state index contributed by atoms with van der Waals surface area (Å²) in [5.41, 5.74) is 0.310. The highest BCUT2D eigenvalue weighted by molar-refractivity contribution is 5.48. The second-order valence-corrected chi connectivity index (χ2v) is 3.69. The van der Waals surface area contributed by atoms with Crippen LogP contribution in [0.5, 0.6) is 0 Å². The summed E-state index contributed by atoms with van der Waals surface area (Å²) in [5.74, 6) is 0.750. The van der Waals surface area contributed by atoms with Crippen molar-refractivity contribution in [1.82, 2.24) is 19.6 Å². The van der Waals surface area contributed by atoms with Crippen molar-refractivity contribution >= 4 is 11.5 Å². The molecule has 0 saturated carbocycles. The van der Waals surface area contributed by atoms with Crippen molar-refractivity contribution in [2.24, 2.45) is 0 Å². The Balaban J connectivity index is 2.29. The monoisotopic (exact) mass is 221 g/mol. The van der Waals surface area contributed by atoms with Gasteiger partial charge in [-0.3, -0.25) is 0 Å². The van der Waals surface area contributed by atoms with Gasteiger partial charge in [-0.2, -0.15) is 5.10 Å². The number of rotatable bonds is 4. The van der Waals surface area contributed by atoms with Crippen molar-refractivity contribution < 1.29 is 0 Å². The average Bonchev–Trinajstić information content (AvgIpc) is 2.68. The zero-order valence-corrected chi connectivity index (χ0v) is 9.40. The van der Waals surface area contributed by atoms with Crippen molar-refractivity contribution in [3.05, 3.63) is 22.9 Å². The summed E-state index contributed by atoms with van der Waals surface area (Å²) in [7, 11) is 0. The smallest absolute Gasteiger partial charge is 0.348 e. The third-order valence-electron chi connectivity index (χ3n) is 2.65. The fraction of sp³-hybridized carbons (Fsp3) is 0.500. The Hall–Kier alpha value is -1.85. The highest BCUT2D eigenvalue weighted by atomic mass is 16.1. The molecule has 16 heavy (non-hydrogen) atoms. The molecule has 0 radical (unpaired) electrons. The summed E-state index contributed by atoms with van der Waals surface area (Å²) in [4.78, 5) is 15.4. The Labute approximate surface area is 92.7 Å². The molecule has 0 aliphatic rings. The maximum atomic E-state index is 11.2. The van der Waals surface area contributed by atoms with Gasteiger partial charge >= 0.3 is 5.69 Å². The van der Waals surface area contributed by atoms with Crippen LogP contribution in [0.3, 0.4) is 0 Å². The maximum Gasteiger partial charge on any atom is 0.348 e. The highest BCUT2D eigenvalue weighted by Crippen LogP contribution is 2.09. The standard InChI is InChI=1S/C10H15N5O/c1-3-7(4-2)12-8-5-9-13-14-10(16)15(9)6-11-8/h5-7,12H,3-4H2,1-2H3,(H,14,16). The molecule has 0 aliphatic heterocycles. The summed E-state index contributed by atoms with van der Waals surface area (Å²) >= 11 is 0. The number of nitrogens with one attached hydrogen (secondary N) is 2. The second-order valence-electron chi connectivity index (χ2n) is 3.69. The molecule has 6 nitrogen and oxygen atoms in total. The third-order valence-corrected chi connectivity index (χ3v) is 2.65. The van der Waals surface area contributed by atoms with Crippen LogP contribution in [0.2, 0.25) is 0 Å². The summed E-state index contributed by atoms with van der Waals surface area (Å²) in [5, 5.41) is 9.56. The van der Waals surface area contributed by atoms with Crippen molar-refractivity contribution in [3.63, 3.8) is 0 Å². The number of aromatic nitrogens is 4. The fourth-order valence-electron chi connectivity index (χ4n) is 1.59. The molecule has 6 heteroatoms. The van der Waals surface area contributed by atoms with E-state index in [-0.39, 0.29) is 5.69 Å². The minimum atomic E-state index is -0.267. The van der Waals surface area contributed by atoms with Crippen LogP contribution in [0, 0.1) is 0 Å². The first-order valence-electron chi connectivity index (χ1n) is 5.44. The van der Waals surface area contributed by atoms with E-state index >= 15 is 0 Å². The quantitative estimate of drug-likeness (QED) is 0.808. The number of nitrogens with zero attached hydrogens (tertiary/aromatic N) is 3. The molecule has 2 rings (SSSR count). The van der Waals surface area contributed by atoms with Crippen molar-refractivity contribution in [2.75, 3.05) is 5.32 Å². The van der Waals surface area contributed by atoms with Gasteiger partial charge in [0, 0.05) is 12.1 Å². The van der Waals surface area contributed by atoms with Crippen LogP contribution in [0.25, 0.3) is 5.65 Å². The fourth-order valence-corrected chi connectivity index (χ4v) is 1.59. The van der Waals surface area contributed by atoms with Crippen LogP contribution < -0.4 is 11.0 Å². The lowest BCUT2D eigenvalue weighted by Gasteiger charge is -2.14. The Bertz CT molecular complexity index is 525. The first-order chi connectivity index (χ1) is 7.74. The van der Waals surface area contributed by atoms with Crippen molar-refractivity contribution in [1.29, 1.82) is 0 Å². The largest absolute Gasteiger partial charge is 0.367 e. The molecular formula is C10H15N5O. The first kappa shape index (κ1) is 10.7. The van der Waals surface area contributed by atoms with E-state index in [1.807, 2.05) is 0 Å². The van der Waals surface area contributed by atoms with Gasteiger partial charge in [-0.05, 0) is 12.8 Å². The minimum absolute atomic E-state index is 0.267. The van der Waals surface area contributed by atoms with Gasteiger partial charge < -0.3 is 5.32 Å². The van der Waals surface area contributed by atoms with Gasteiger partial charge in [0.05, 0.1) is 0 Å². The molecule has 0 saturated heterocycles. The lowest BCUT2D eigenvalue weighted by molar-refractivity contribution is 0.668. The highest BCUT2D eigenvalue weighted by Gasteiger charge is 2.06. The van der Waals surface area contributed by atoms with Crippen LogP contribution >= 0.6 is 0 Å². The lowest BCUT2D eigenvalue weighted by atomic mass is 10.2. The topological polar surface area (TPSA) is 75.1 Å². The summed E-state index contributed by atoms with van der Waals surface area (Å²) in [6.45, 7) is 4.25. The van der Waals surface area contributed by atoms with Gasteiger partial charge in [0.2, 0.25) is 0 Å². The summed E-state index contributed by atoms with van der Waals surface area (Å²) < 4.78 is 1.37. The molecule has 86 valence electrons. The summed E-state index contributed by atoms with van der Waals surface area (Å²) in [6.07, 6.45) is 3.55. The van der Waals surface area contributed by atoms with Crippen molar-refractivity contribution in [2.45, 2.75) is 32.7 Å². The Morgan fingerprint density at radius 2 is 2.25 bits per heavy atom. The van der Waals surface area contributed by atoms with Crippen LogP contribution in [-0.4, -0.2) is 25.6 Å². The number of hydrogen-bond acceptors (Lipinski definition) is 4. The van der Waals surface area contributed by atoms with Gasteiger partial charge in [-0.1, -0.05) is 13.8 Å². The molecular weight excluding hydrogens is 206 g/mol. The molecule has 2 aromatic rings. The normalized spacial score (nSPS) is 11.2. The number of hydrogen-bond donors (Lipinski definition) is 2. The third kappa shape index (κ3) is 1.91. The van der Waals surface area contributed by atoms with E-state index in [0.717, 1.165) is 18.7 Å². The van der Waals surface area contributed by atoms with Crippen LogP contribution in [0.15, 0.2) is 17.2 Å². The molecule has 0 atom stereocenters. The van der Waals surface area contributed by atoms with Gasteiger partial charge in [-0.15, -0.1) is 0 Å². The second kappa shape index (κ2) is 4.34. The molecule has 0 spiro atoms. The van der Waals surface area contributed by atoms with Gasteiger partial charge in [0.15, 0.2) is 5.65 Å². The van der Waals surface area contributed by atoms with Crippen molar-refractivity contribution in [3.8, 4) is 0 Å². The van der Waals surface area contributed by atoms with E-state index in [0.29, 0.717) is 11.7 Å². The minimum Gasteiger partial charge on any atom is -0.367 e. The molecule has 0 aliphatic carbocycles. The lowest BCUT2D eigenvalue weighted by Crippen LogP contribution is -2.18. The van der Waals surface area contributed by atoms with E-state index in [9.17, 15) is 4.79 Å².